The first-order valence-corrected chi connectivity index (χ1v) is 7.27. The highest BCUT2D eigenvalue weighted by Crippen LogP contribution is 2.17. The number of likely N-dealkylation sites (tertiary alicyclic amines) is 1. The molecule has 1 saturated heterocycles. The number of carbonyl (C=O) groups is 1. The first-order valence-electron chi connectivity index (χ1n) is 6.48. The van der Waals surface area contributed by atoms with E-state index in [9.17, 15) is 4.79 Å². The summed E-state index contributed by atoms with van der Waals surface area (Å²) in [5.74, 6) is 0.0189. The van der Waals surface area contributed by atoms with E-state index in [4.69, 9.17) is 0 Å². The second kappa shape index (κ2) is 6.34. The second-order valence-corrected chi connectivity index (χ2v) is 5.54. The van der Waals surface area contributed by atoms with E-state index in [-0.39, 0.29) is 11.9 Å². The van der Waals surface area contributed by atoms with Gasteiger partial charge in [-0.1, -0.05) is 19.1 Å². The molecule has 1 aliphatic heterocycles. The molecule has 1 aromatic carbocycles. The Morgan fingerprint density at radius 3 is 3.00 bits per heavy atom. The summed E-state index contributed by atoms with van der Waals surface area (Å²) < 4.78 is 0.852. The molecule has 0 radical (unpaired) electrons. The fourth-order valence-corrected chi connectivity index (χ4v) is 2.83. The lowest BCUT2D eigenvalue weighted by atomic mass is 10.1. The van der Waals surface area contributed by atoms with Crippen molar-refractivity contribution in [1.29, 1.82) is 0 Å². The Hall–Kier alpha value is -0.870. The molecule has 0 aromatic heterocycles. The van der Waals surface area contributed by atoms with Gasteiger partial charge in [-0.15, -0.1) is 0 Å². The zero-order valence-corrected chi connectivity index (χ0v) is 12.2. The summed E-state index contributed by atoms with van der Waals surface area (Å²) in [5.41, 5.74) is 0.714. The number of hydrogen-bond acceptors (Lipinski definition) is 2. The van der Waals surface area contributed by atoms with Gasteiger partial charge in [0.2, 0.25) is 0 Å². The maximum Gasteiger partial charge on any atom is 0.252 e. The van der Waals surface area contributed by atoms with Crippen LogP contribution in [-0.4, -0.2) is 36.5 Å². The van der Waals surface area contributed by atoms with Crippen LogP contribution in [0.4, 0.5) is 0 Å². The Morgan fingerprint density at radius 2 is 2.28 bits per heavy atom. The number of nitrogens with zero attached hydrogens (tertiary/aromatic N) is 1. The van der Waals surface area contributed by atoms with Crippen molar-refractivity contribution >= 4 is 21.8 Å². The van der Waals surface area contributed by atoms with Crippen LogP contribution in [0.15, 0.2) is 28.7 Å². The third kappa shape index (κ3) is 3.33. The van der Waals surface area contributed by atoms with Crippen LogP contribution in [0, 0.1) is 0 Å². The highest BCUT2D eigenvalue weighted by Gasteiger charge is 2.21. The predicted octanol–water partition coefficient (Wildman–Crippen LogP) is 2.66. The summed E-state index contributed by atoms with van der Waals surface area (Å²) in [4.78, 5) is 14.6. The van der Waals surface area contributed by atoms with Crippen LogP contribution in [0.25, 0.3) is 0 Å². The van der Waals surface area contributed by atoms with Gasteiger partial charge in [0.05, 0.1) is 5.56 Å². The largest absolute Gasteiger partial charge is 0.348 e. The lowest BCUT2D eigenvalue weighted by Gasteiger charge is -2.32. The Bertz CT molecular complexity index is 422. The van der Waals surface area contributed by atoms with Gasteiger partial charge in [-0.05, 0) is 54.0 Å². The number of likely N-dealkylation sites (N-methyl/N-ethyl adjacent to an activating group) is 1. The third-order valence-electron chi connectivity index (χ3n) is 3.41. The molecule has 0 spiro atoms. The Balaban J connectivity index is 1.97. The van der Waals surface area contributed by atoms with Gasteiger partial charge in [-0.25, -0.2) is 0 Å². The van der Waals surface area contributed by atoms with Gasteiger partial charge in [0, 0.05) is 17.1 Å². The molecule has 4 heteroatoms. The van der Waals surface area contributed by atoms with Gasteiger partial charge in [-0.2, -0.15) is 0 Å². The van der Waals surface area contributed by atoms with Crippen LogP contribution in [0.5, 0.6) is 0 Å². The Morgan fingerprint density at radius 1 is 1.50 bits per heavy atom. The van der Waals surface area contributed by atoms with Crippen molar-refractivity contribution in [1.82, 2.24) is 10.2 Å². The predicted molar refractivity (Wildman–Crippen MR) is 76.7 cm³/mol. The zero-order valence-electron chi connectivity index (χ0n) is 10.7. The topological polar surface area (TPSA) is 32.3 Å². The van der Waals surface area contributed by atoms with Crippen molar-refractivity contribution in [2.24, 2.45) is 0 Å². The van der Waals surface area contributed by atoms with E-state index < -0.39 is 0 Å². The lowest BCUT2D eigenvalue weighted by molar-refractivity contribution is 0.0905. The summed E-state index contributed by atoms with van der Waals surface area (Å²) in [5, 5.41) is 3.13. The van der Waals surface area contributed by atoms with E-state index in [0.717, 1.165) is 36.9 Å². The van der Waals surface area contributed by atoms with E-state index >= 15 is 0 Å². The minimum absolute atomic E-state index is 0.0189. The number of rotatable bonds is 3. The van der Waals surface area contributed by atoms with Crippen LogP contribution in [0.3, 0.4) is 0 Å². The lowest BCUT2D eigenvalue weighted by Crippen LogP contribution is -2.47. The number of halogens is 1. The molecule has 1 atom stereocenters. The number of amides is 1. The van der Waals surface area contributed by atoms with Gasteiger partial charge in [0.15, 0.2) is 0 Å². The average molecular weight is 311 g/mol. The molecule has 1 N–H and O–H groups in total. The van der Waals surface area contributed by atoms with Crippen LogP contribution >= 0.6 is 15.9 Å². The fourth-order valence-electron chi connectivity index (χ4n) is 2.37. The van der Waals surface area contributed by atoms with Gasteiger partial charge in [0.25, 0.3) is 5.91 Å². The zero-order chi connectivity index (χ0) is 13.0. The van der Waals surface area contributed by atoms with E-state index in [1.807, 2.05) is 24.3 Å². The average Bonchev–Trinajstić information content (AvgIpc) is 2.39. The summed E-state index contributed by atoms with van der Waals surface area (Å²) in [6, 6.07) is 7.82. The number of piperidine rings is 1. The SMILES string of the molecule is CCN1CCCC(NC(=O)c2ccccc2Br)C1. The van der Waals surface area contributed by atoms with Crippen LogP contribution in [-0.2, 0) is 0 Å². The van der Waals surface area contributed by atoms with E-state index in [2.05, 4.69) is 33.1 Å². The molecule has 1 aromatic rings. The standard InChI is InChI=1S/C14H19BrN2O/c1-2-17-9-5-6-11(10-17)16-14(18)12-7-3-4-8-13(12)15/h3-4,7-8,11H,2,5-6,9-10H2,1H3,(H,16,18). The van der Waals surface area contributed by atoms with Crippen LogP contribution < -0.4 is 5.32 Å². The molecule has 1 unspecified atom stereocenters. The molecular weight excluding hydrogens is 292 g/mol. The van der Waals surface area contributed by atoms with E-state index in [1.54, 1.807) is 0 Å². The van der Waals surface area contributed by atoms with Crippen molar-refractivity contribution in [2.45, 2.75) is 25.8 Å². The minimum atomic E-state index is 0.0189. The van der Waals surface area contributed by atoms with Gasteiger partial charge in [0.1, 0.15) is 0 Å². The first-order chi connectivity index (χ1) is 8.70. The van der Waals surface area contributed by atoms with Gasteiger partial charge < -0.3 is 10.2 Å². The van der Waals surface area contributed by atoms with E-state index in [1.165, 1.54) is 0 Å². The smallest absolute Gasteiger partial charge is 0.252 e. The summed E-state index contributed by atoms with van der Waals surface area (Å²) in [6.07, 6.45) is 2.24. The molecule has 98 valence electrons. The molecular formula is C14H19BrN2O. The molecule has 1 fully saturated rings. The molecule has 0 saturated carbocycles. The summed E-state index contributed by atoms with van der Waals surface area (Å²) >= 11 is 3.42. The maximum atomic E-state index is 12.2. The molecule has 3 nitrogen and oxygen atoms in total. The second-order valence-electron chi connectivity index (χ2n) is 4.69. The minimum Gasteiger partial charge on any atom is -0.348 e. The molecule has 18 heavy (non-hydrogen) atoms. The number of nitrogens with one attached hydrogen (secondary N) is 1. The van der Waals surface area contributed by atoms with Gasteiger partial charge in [-0.3, -0.25) is 4.79 Å². The highest BCUT2D eigenvalue weighted by atomic mass is 79.9. The molecule has 0 bridgehead atoms. The molecule has 1 heterocycles. The Kier molecular flexibility index (Phi) is 4.78. The molecule has 2 rings (SSSR count). The normalized spacial score (nSPS) is 20.7. The Labute approximate surface area is 117 Å². The summed E-state index contributed by atoms with van der Waals surface area (Å²) in [6.45, 7) is 5.34. The summed E-state index contributed by atoms with van der Waals surface area (Å²) in [7, 11) is 0. The third-order valence-corrected chi connectivity index (χ3v) is 4.10. The van der Waals surface area contributed by atoms with Crippen LogP contribution in [0.1, 0.15) is 30.1 Å². The van der Waals surface area contributed by atoms with Crippen molar-refractivity contribution in [3.63, 3.8) is 0 Å². The van der Waals surface area contributed by atoms with Crippen LogP contribution in [0.2, 0.25) is 0 Å². The number of carbonyl (C=O) groups excluding carboxylic acids is 1. The fraction of sp³-hybridized carbons (Fsp3) is 0.500. The molecule has 1 amide bonds. The molecule has 1 aliphatic rings. The highest BCUT2D eigenvalue weighted by molar-refractivity contribution is 9.10. The first kappa shape index (κ1) is 13.6. The monoisotopic (exact) mass is 310 g/mol. The quantitative estimate of drug-likeness (QED) is 0.931. The maximum absolute atomic E-state index is 12.2. The van der Waals surface area contributed by atoms with E-state index in [0.29, 0.717) is 5.56 Å². The van der Waals surface area contributed by atoms with Gasteiger partial charge >= 0.3 is 0 Å². The number of benzene rings is 1. The van der Waals surface area contributed by atoms with Crippen molar-refractivity contribution in [2.75, 3.05) is 19.6 Å². The van der Waals surface area contributed by atoms with Crippen molar-refractivity contribution < 1.29 is 4.79 Å². The molecule has 0 aliphatic carbocycles. The number of hydrogen-bond donors (Lipinski definition) is 1. The van der Waals surface area contributed by atoms with Crippen molar-refractivity contribution in [3.05, 3.63) is 34.3 Å². The van der Waals surface area contributed by atoms with Crippen molar-refractivity contribution in [3.8, 4) is 0 Å².